The molecule has 84 valence electrons. The molecular weight excluding hydrogens is 218 g/mol. The largest absolute Gasteiger partial charge is 0.198 e. The Balaban J connectivity index is 2.27. The Morgan fingerprint density at radius 3 is 2.94 bits per heavy atom. The van der Waals surface area contributed by atoms with Crippen molar-refractivity contribution in [2.24, 2.45) is 5.92 Å². The van der Waals surface area contributed by atoms with E-state index < -0.39 is 0 Å². The molecule has 0 N–H and O–H groups in total. The van der Waals surface area contributed by atoms with Crippen LogP contribution in [-0.2, 0) is 6.42 Å². The summed E-state index contributed by atoms with van der Waals surface area (Å²) in [5.74, 6) is 0.291. The molecule has 1 aromatic carbocycles. The molecule has 0 spiro atoms. The molecule has 0 aliphatic heterocycles. The first-order valence-electron chi connectivity index (χ1n) is 5.89. The van der Waals surface area contributed by atoms with Crippen LogP contribution in [0.2, 0.25) is 0 Å². The molecule has 0 saturated heterocycles. The first-order valence-corrected chi connectivity index (χ1v) is 6.33. The van der Waals surface area contributed by atoms with Gasteiger partial charge >= 0.3 is 0 Å². The molecule has 0 radical (unpaired) electrons. The molecule has 1 aliphatic carbocycles. The highest BCUT2D eigenvalue weighted by Gasteiger charge is 2.33. The van der Waals surface area contributed by atoms with E-state index in [1.54, 1.807) is 0 Å². The lowest BCUT2D eigenvalue weighted by atomic mass is 9.85. The average molecular weight is 234 g/mol. The summed E-state index contributed by atoms with van der Waals surface area (Å²) in [6, 6.07) is 10.8. The zero-order valence-corrected chi connectivity index (χ0v) is 10.2. The third-order valence-electron chi connectivity index (χ3n) is 3.54. The molecule has 0 saturated carbocycles. The second kappa shape index (κ2) is 4.89. The summed E-state index contributed by atoms with van der Waals surface area (Å²) in [6.45, 7) is 2.04. The maximum Gasteiger partial charge on any atom is 0.0695 e. The minimum atomic E-state index is -0.0460. The first kappa shape index (κ1) is 11.5. The van der Waals surface area contributed by atoms with Gasteiger partial charge in [0.1, 0.15) is 0 Å². The van der Waals surface area contributed by atoms with Crippen molar-refractivity contribution in [2.75, 3.05) is 0 Å². The van der Waals surface area contributed by atoms with E-state index in [1.165, 1.54) is 11.1 Å². The number of alkyl halides is 1. The zero-order valence-electron chi connectivity index (χ0n) is 9.49. The number of rotatable bonds is 3. The first-order chi connectivity index (χ1) is 7.77. The van der Waals surface area contributed by atoms with Gasteiger partial charge in [-0.25, -0.2) is 0 Å². The van der Waals surface area contributed by atoms with Crippen molar-refractivity contribution in [3.05, 3.63) is 35.4 Å². The molecule has 0 fully saturated rings. The number of nitriles is 1. The van der Waals surface area contributed by atoms with E-state index in [4.69, 9.17) is 11.6 Å². The lowest BCUT2D eigenvalue weighted by molar-refractivity contribution is 0.482. The second-order valence-electron chi connectivity index (χ2n) is 4.42. The van der Waals surface area contributed by atoms with E-state index in [0.717, 1.165) is 19.3 Å². The predicted octanol–water partition coefficient (Wildman–Crippen LogP) is 3.87. The van der Waals surface area contributed by atoms with E-state index in [2.05, 4.69) is 30.3 Å². The molecule has 1 nitrogen and oxygen atoms in total. The van der Waals surface area contributed by atoms with Crippen molar-refractivity contribution in [1.82, 2.24) is 0 Å². The summed E-state index contributed by atoms with van der Waals surface area (Å²) in [7, 11) is 0. The van der Waals surface area contributed by atoms with Crippen LogP contribution >= 0.6 is 11.6 Å². The molecule has 3 unspecified atom stereocenters. The van der Waals surface area contributed by atoms with Crippen LogP contribution in [0.4, 0.5) is 0 Å². The molecule has 2 rings (SSSR count). The van der Waals surface area contributed by atoms with Crippen LogP contribution in [0.3, 0.4) is 0 Å². The van der Waals surface area contributed by atoms with Crippen molar-refractivity contribution in [3.63, 3.8) is 0 Å². The monoisotopic (exact) mass is 233 g/mol. The van der Waals surface area contributed by atoms with Crippen molar-refractivity contribution < 1.29 is 0 Å². The summed E-state index contributed by atoms with van der Waals surface area (Å²) in [5, 5.41) is 9.25. The van der Waals surface area contributed by atoms with Crippen LogP contribution < -0.4 is 0 Å². The van der Waals surface area contributed by atoms with E-state index in [1.807, 2.05) is 6.92 Å². The topological polar surface area (TPSA) is 23.8 Å². The maximum absolute atomic E-state index is 9.28. The molecule has 1 aliphatic rings. The third kappa shape index (κ3) is 1.95. The van der Waals surface area contributed by atoms with Gasteiger partial charge in [-0.3, -0.25) is 0 Å². The zero-order chi connectivity index (χ0) is 11.5. The number of nitrogens with zero attached hydrogens (tertiary/aromatic N) is 1. The molecule has 3 atom stereocenters. The number of benzene rings is 1. The maximum atomic E-state index is 9.28. The van der Waals surface area contributed by atoms with E-state index >= 15 is 0 Å². The molecule has 0 aromatic heterocycles. The second-order valence-corrected chi connectivity index (χ2v) is 4.98. The Bertz CT molecular complexity index is 407. The molecule has 0 amide bonds. The predicted molar refractivity (Wildman–Crippen MR) is 66.5 cm³/mol. The quantitative estimate of drug-likeness (QED) is 0.727. The smallest absolute Gasteiger partial charge is 0.0695 e. The lowest BCUT2D eigenvalue weighted by Crippen LogP contribution is -2.19. The van der Waals surface area contributed by atoms with Crippen LogP contribution in [0.1, 0.15) is 36.8 Å². The van der Waals surface area contributed by atoms with Crippen LogP contribution in [0.15, 0.2) is 24.3 Å². The van der Waals surface area contributed by atoms with E-state index in [0.29, 0.717) is 5.92 Å². The minimum absolute atomic E-state index is 0.0267. The molecule has 0 bridgehead atoms. The van der Waals surface area contributed by atoms with Gasteiger partial charge in [0.2, 0.25) is 0 Å². The summed E-state index contributed by atoms with van der Waals surface area (Å²) >= 11 is 6.26. The lowest BCUT2D eigenvalue weighted by Gasteiger charge is -2.21. The van der Waals surface area contributed by atoms with Gasteiger partial charge in [-0.15, -0.1) is 11.6 Å². The van der Waals surface area contributed by atoms with Crippen molar-refractivity contribution in [2.45, 2.75) is 37.5 Å². The van der Waals surface area contributed by atoms with Crippen molar-refractivity contribution in [3.8, 4) is 6.07 Å². The van der Waals surface area contributed by atoms with Gasteiger partial charge in [0.15, 0.2) is 0 Å². The molecule has 2 heteroatoms. The molecular formula is C14H16ClN. The van der Waals surface area contributed by atoms with Crippen LogP contribution in [0, 0.1) is 17.2 Å². The van der Waals surface area contributed by atoms with E-state index in [9.17, 15) is 5.26 Å². The van der Waals surface area contributed by atoms with E-state index in [-0.39, 0.29) is 11.3 Å². The Hall–Kier alpha value is -1.00. The standard InChI is InChI=1S/C14H16ClN/c1-2-14(15)13(9-16)12-8-7-10-5-3-4-6-11(10)12/h3-6,12-14H,2,7-8H2,1H3. The van der Waals surface area contributed by atoms with Gasteiger partial charge in [0.05, 0.1) is 12.0 Å². The number of aryl methyl sites for hydroxylation is 1. The van der Waals surface area contributed by atoms with Gasteiger partial charge in [-0.05, 0) is 30.4 Å². The fraction of sp³-hybridized carbons (Fsp3) is 0.500. The average Bonchev–Trinajstić information content (AvgIpc) is 2.74. The number of hydrogen-bond acceptors (Lipinski definition) is 1. The summed E-state index contributed by atoms with van der Waals surface area (Å²) < 4.78 is 0. The highest BCUT2D eigenvalue weighted by molar-refractivity contribution is 6.21. The van der Waals surface area contributed by atoms with Gasteiger partial charge in [-0.2, -0.15) is 5.26 Å². The van der Waals surface area contributed by atoms with Crippen LogP contribution in [0.5, 0.6) is 0 Å². The van der Waals surface area contributed by atoms with Gasteiger partial charge < -0.3 is 0 Å². The number of hydrogen-bond donors (Lipinski definition) is 0. The minimum Gasteiger partial charge on any atom is -0.198 e. The molecule has 0 heterocycles. The highest BCUT2D eigenvalue weighted by Crippen LogP contribution is 2.40. The molecule has 1 aromatic rings. The fourth-order valence-electron chi connectivity index (χ4n) is 2.64. The number of halogens is 1. The third-order valence-corrected chi connectivity index (χ3v) is 4.12. The van der Waals surface area contributed by atoms with Crippen molar-refractivity contribution in [1.29, 1.82) is 5.26 Å². The van der Waals surface area contributed by atoms with Gasteiger partial charge in [-0.1, -0.05) is 31.2 Å². The fourth-order valence-corrected chi connectivity index (χ4v) is 2.87. The van der Waals surface area contributed by atoms with Crippen LogP contribution in [-0.4, -0.2) is 5.38 Å². The van der Waals surface area contributed by atoms with Gasteiger partial charge in [0.25, 0.3) is 0 Å². The van der Waals surface area contributed by atoms with Gasteiger partial charge in [0, 0.05) is 11.3 Å². The Morgan fingerprint density at radius 1 is 1.50 bits per heavy atom. The molecule has 16 heavy (non-hydrogen) atoms. The summed E-state index contributed by atoms with van der Waals surface area (Å²) in [6.07, 6.45) is 3.02. The Kier molecular flexibility index (Phi) is 3.51. The normalized spacial score (nSPS) is 22.2. The Morgan fingerprint density at radius 2 is 2.25 bits per heavy atom. The SMILES string of the molecule is CCC(Cl)C(C#N)C1CCc2ccccc21. The number of fused-ring (bicyclic) bond motifs is 1. The van der Waals surface area contributed by atoms with Crippen LogP contribution in [0.25, 0.3) is 0 Å². The van der Waals surface area contributed by atoms with Crippen molar-refractivity contribution >= 4 is 11.6 Å². The summed E-state index contributed by atoms with van der Waals surface area (Å²) in [4.78, 5) is 0. The summed E-state index contributed by atoms with van der Waals surface area (Å²) in [5.41, 5.74) is 2.74. The Labute approximate surface area is 102 Å². The highest BCUT2D eigenvalue weighted by atomic mass is 35.5.